The molecule has 4 atom stereocenters. The van der Waals surface area contributed by atoms with Crippen LogP contribution in [-0.2, 0) is 25.3 Å². The van der Waals surface area contributed by atoms with E-state index in [-0.39, 0.29) is 29.3 Å². The second kappa shape index (κ2) is 10.2. The summed E-state index contributed by atoms with van der Waals surface area (Å²) in [6, 6.07) is 10.2. The summed E-state index contributed by atoms with van der Waals surface area (Å²) < 4.78 is 19.1. The van der Waals surface area contributed by atoms with Crippen LogP contribution in [0.1, 0.15) is 46.6 Å². The number of carbonyl (C=O) groups is 1. The van der Waals surface area contributed by atoms with E-state index in [1.54, 1.807) is 0 Å². The van der Waals surface area contributed by atoms with E-state index in [0.717, 1.165) is 18.3 Å². The number of ether oxygens (including phenoxy) is 2. The molecule has 1 aromatic rings. The molecule has 0 amide bonds. The molecule has 1 aliphatic heterocycles. The van der Waals surface area contributed by atoms with Crippen LogP contribution in [0.2, 0.25) is 18.1 Å². The van der Waals surface area contributed by atoms with Crippen molar-refractivity contribution in [1.29, 1.82) is 0 Å². The number of rotatable bonds is 8. The highest BCUT2D eigenvalue weighted by molar-refractivity contribution is 6.74. The molecule has 0 spiro atoms. The van der Waals surface area contributed by atoms with E-state index in [2.05, 4.69) is 52.9 Å². The Bertz CT molecular complexity index is 678. The standard InChI is InChI=1S/C24H38O4Si/c1-18(15-25)13-23-19(2)22(26-16-20-11-9-8-10-12-20)14-21(28-23)17-27-29(6,7)24(3,4)5/h8-13,15,19,21-23H,14,16-17H2,1-7H3/b18-13-/t19-,21-,22+,23-/m1/s1. The summed E-state index contributed by atoms with van der Waals surface area (Å²) in [5.74, 6) is 0.165. The van der Waals surface area contributed by atoms with Gasteiger partial charge in [0.25, 0.3) is 0 Å². The summed E-state index contributed by atoms with van der Waals surface area (Å²) in [6.45, 7) is 16.4. The lowest BCUT2D eigenvalue weighted by Gasteiger charge is -2.42. The summed E-state index contributed by atoms with van der Waals surface area (Å²) in [5.41, 5.74) is 1.85. The van der Waals surface area contributed by atoms with E-state index < -0.39 is 8.32 Å². The molecular weight excluding hydrogens is 380 g/mol. The summed E-state index contributed by atoms with van der Waals surface area (Å²) in [7, 11) is -1.85. The normalized spacial score (nSPS) is 26.4. The van der Waals surface area contributed by atoms with Crippen LogP contribution >= 0.6 is 0 Å². The fraction of sp³-hybridized carbons (Fsp3) is 0.625. The van der Waals surface area contributed by atoms with Crippen LogP contribution in [0.25, 0.3) is 0 Å². The molecule has 4 nitrogen and oxygen atoms in total. The zero-order chi connectivity index (χ0) is 21.7. The smallest absolute Gasteiger partial charge is 0.192 e. The quantitative estimate of drug-likeness (QED) is 0.316. The molecule has 0 aromatic heterocycles. The maximum atomic E-state index is 11.2. The highest BCUT2D eigenvalue weighted by atomic mass is 28.4. The SMILES string of the molecule is C/C(C=O)=C/[C@H]1O[C@@H](CO[Si](C)(C)C(C)(C)C)C[C@H](OCc2ccccc2)[C@H]1C. The fourth-order valence-electron chi connectivity index (χ4n) is 3.20. The first-order chi connectivity index (χ1) is 13.5. The maximum absolute atomic E-state index is 11.2. The first kappa shape index (κ1) is 24.0. The van der Waals surface area contributed by atoms with E-state index in [4.69, 9.17) is 13.9 Å². The van der Waals surface area contributed by atoms with Crippen LogP contribution in [0.5, 0.6) is 0 Å². The molecule has 1 aliphatic rings. The van der Waals surface area contributed by atoms with Gasteiger partial charge in [0.2, 0.25) is 0 Å². The molecule has 2 rings (SSSR count). The lowest BCUT2D eigenvalue weighted by Crippen LogP contribution is -2.48. The van der Waals surface area contributed by atoms with Gasteiger partial charge in [0, 0.05) is 12.3 Å². The van der Waals surface area contributed by atoms with Gasteiger partial charge in [-0.3, -0.25) is 4.79 Å². The van der Waals surface area contributed by atoms with Gasteiger partial charge in [-0.15, -0.1) is 0 Å². The number of carbonyl (C=O) groups excluding carboxylic acids is 1. The Morgan fingerprint density at radius 1 is 1.24 bits per heavy atom. The summed E-state index contributed by atoms with van der Waals surface area (Å²) in [4.78, 5) is 11.2. The molecular formula is C24H38O4Si. The Hall–Kier alpha value is -1.27. The van der Waals surface area contributed by atoms with Crippen LogP contribution in [-0.4, -0.2) is 39.5 Å². The molecule has 162 valence electrons. The molecule has 1 aromatic carbocycles. The number of benzene rings is 1. The Morgan fingerprint density at radius 3 is 2.48 bits per heavy atom. The predicted octanol–water partition coefficient (Wildman–Crippen LogP) is 5.53. The van der Waals surface area contributed by atoms with Gasteiger partial charge in [-0.1, -0.05) is 58.0 Å². The maximum Gasteiger partial charge on any atom is 0.192 e. The van der Waals surface area contributed by atoms with Gasteiger partial charge in [-0.2, -0.15) is 0 Å². The molecule has 0 aliphatic carbocycles. The van der Waals surface area contributed by atoms with Crippen molar-refractivity contribution >= 4 is 14.6 Å². The van der Waals surface area contributed by atoms with Gasteiger partial charge in [0.05, 0.1) is 31.5 Å². The monoisotopic (exact) mass is 418 g/mol. The third kappa shape index (κ3) is 6.88. The van der Waals surface area contributed by atoms with Crippen molar-refractivity contribution in [3.63, 3.8) is 0 Å². The number of hydrogen-bond acceptors (Lipinski definition) is 4. The molecule has 0 bridgehead atoms. The van der Waals surface area contributed by atoms with Crippen LogP contribution in [0.4, 0.5) is 0 Å². The molecule has 1 saturated heterocycles. The first-order valence-electron chi connectivity index (χ1n) is 10.6. The largest absolute Gasteiger partial charge is 0.414 e. The van der Waals surface area contributed by atoms with Crippen LogP contribution < -0.4 is 0 Å². The number of allylic oxidation sites excluding steroid dienone is 1. The Labute approximate surface area is 177 Å². The molecule has 29 heavy (non-hydrogen) atoms. The summed E-state index contributed by atoms with van der Waals surface area (Å²) >= 11 is 0. The van der Waals surface area contributed by atoms with Gasteiger partial charge in [0.1, 0.15) is 6.29 Å². The van der Waals surface area contributed by atoms with Crippen molar-refractivity contribution < 1.29 is 18.7 Å². The Kier molecular flexibility index (Phi) is 8.41. The topological polar surface area (TPSA) is 44.8 Å². The average molecular weight is 419 g/mol. The van der Waals surface area contributed by atoms with Crippen molar-refractivity contribution in [2.24, 2.45) is 5.92 Å². The van der Waals surface area contributed by atoms with Crippen molar-refractivity contribution in [2.45, 2.75) is 84.1 Å². The van der Waals surface area contributed by atoms with Crippen molar-refractivity contribution in [3.8, 4) is 0 Å². The fourth-order valence-corrected chi connectivity index (χ4v) is 4.23. The zero-order valence-electron chi connectivity index (χ0n) is 19.1. The van der Waals surface area contributed by atoms with Crippen molar-refractivity contribution in [3.05, 3.63) is 47.5 Å². The summed E-state index contributed by atoms with van der Waals surface area (Å²) in [6.07, 6.45) is 3.47. The van der Waals surface area contributed by atoms with E-state index in [1.165, 1.54) is 0 Å². The minimum Gasteiger partial charge on any atom is -0.414 e. The molecule has 0 radical (unpaired) electrons. The van der Waals surface area contributed by atoms with E-state index >= 15 is 0 Å². The average Bonchev–Trinajstić information content (AvgIpc) is 2.67. The van der Waals surface area contributed by atoms with Gasteiger partial charge >= 0.3 is 0 Å². The van der Waals surface area contributed by atoms with E-state index in [1.807, 2.05) is 31.2 Å². The molecule has 0 unspecified atom stereocenters. The van der Waals surface area contributed by atoms with Gasteiger partial charge in [-0.05, 0) is 42.3 Å². The predicted molar refractivity (Wildman–Crippen MR) is 120 cm³/mol. The molecule has 1 fully saturated rings. The number of aldehydes is 1. The second-order valence-corrected chi connectivity index (χ2v) is 14.6. The summed E-state index contributed by atoms with van der Waals surface area (Å²) in [5, 5.41) is 0.158. The number of hydrogen-bond donors (Lipinski definition) is 0. The highest BCUT2D eigenvalue weighted by Gasteiger charge is 2.40. The Balaban J connectivity index is 2.09. The minimum atomic E-state index is -1.85. The molecule has 0 saturated carbocycles. The first-order valence-corrected chi connectivity index (χ1v) is 13.5. The third-order valence-corrected chi connectivity index (χ3v) is 10.8. The Morgan fingerprint density at radius 2 is 1.90 bits per heavy atom. The van der Waals surface area contributed by atoms with Gasteiger partial charge in [0.15, 0.2) is 8.32 Å². The molecule has 1 heterocycles. The van der Waals surface area contributed by atoms with Crippen molar-refractivity contribution in [2.75, 3.05) is 6.61 Å². The van der Waals surface area contributed by atoms with Crippen LogP contribution in [0, 0.1) is 5.92 Å². The van der Waals surface area contributed by atoms with Crippen LogP contribution in [0.3, 0.4) is 0 Å². The van der Waals surface area contributed by atoms with Gasteiger partial charge < -0.3 is 13.9 Å². The highest BCUT2D eigenvalue weighted by Crippen LogP contribution is 2.37. The van der Waals surface area contributed by atoms with Crippen LogP contribution in [0.15, 0.2) is 42.0 Å². The second-order valence-electron chi connectivity index (χ2n) is 9.75. The minimum absolute atomic E-state index is 0.0400. The molecule has 0 N–H and O–H groups in total. The zero-order valence-corrected chi connectivity index (χ0v) is 20.1. The van der Waals surface area contributed by atoms with E-state index in [9.17, 15) is 4.79 Å². The lowest BCUT2D eigenvalue weighted by atomic mass is 9.89. The van der Waals surface area contributed by atoms with E-state index in [0.29, 0.717) is 18.8 Å². The molecule has 5 heteroatoms. The lowest BCUT2D eigenvalue weighted by molar-refractivity contribution is -0.146. The van der Waals surface area contributed by atoms with Crippen molar-refractivity contribution in [1.82, 2.24) is 0 Å². The third-order valence-electron chi connectivity index (χ3n) is 6.31. The van der Waals surface area contributed by atoms with Gasteiger partial charge in [-0.25, -0.2) is 0 Å².